The number of aromatic nitrogens is 1. The van der Waals surface area contributed by atoms with Crippen LogP contribution in [0.25, 0.3) is 0 Å². The highest BCUT2D eigenvalue weighted by molar-refractivity contribution is 7.09. The lowest BCUT2D eigenvalue weighted by molar-refractivity contribution is -0.0505. The molecule has 0 aliphatic heterocycles. The van der Waals surface area contributed by atoms with Gasteiger partial charge in [-0.3, -0.25) is 4.79 Å². The monoisotopic (exact) mass is 379 g/mol. The number of methoxy groups -OCH3 is 1. The van der Waals surface area contributed by atoms with E-state index < -0.39 is 12.5 Å². The zero-order valence-corrected chi connectivity index (χ0v) is 14.3. The van der Waals surface area contributed by atoms with Crippen LogP contribution in [0.5, 0.6) is 11.5 Å². The van der Waals surface area contributed by atoms with Crippen molar-refractivity contribution in [1.29, 1.82) is 0 Å². The zero-order chi connectivity index (χ0) is 16.8. The van der Waals surface area contributed by atoms with E-state index in [4.69, 9.17) is 10.5 Å². The number of ether oxygens (including phenoxy) is 2. The third-order valence-electron chi connectivity index (χ3n) is 2.88. The number of halogens is 3. The zero-order valence-electron chi connectivity index (χ0n) is 12.6. The second-order valence-corrected chi connectivity index (χ2v) is 5.31. The quantitative estimate of drug-likeness (QED) is 0.772. The second kappa shape index (κ2) is 9.36. The maximum absolute atomic E-state index is 12.4. The number of benzene rings is 1. The van der Waals surface area contributed by atoms with Crippen molar-refractivity contribution < 1.29 is 23.0 Å². The minimum atomic E-state index is -2.96. The fourth-order valence-electron chi connectivity index (χ4n) is 1.81. The summed E-state index contributed by atoms with van der Waals surface area (Å²) >= 11 is 1.28. The van der Waals surface area contributed by atoms with Gasteiger partial charge in [0.1, 0.15) is 22.2 Å². The SMILES string of the molecule is COc1ccc(OC(F)F)c(CNC(=O)c2csc(CN)n2)c1.Cl. The van der Waals surface area contributed by atoms with Crippen molar-refractivity contribution in [3.63, 3.8) is 0 Å². The summed E-state index contributed by atoms with van der Waals surface area (Å²) in [6.45, 7) is -2.71. The summed E-state index contributed by atoms with van der Waals surface area (Å²) in [5.41, 5.74) is 6.04. The third kappa shape index (κ3) is 5.29. The molecule has 2 rings (SSSR count). The molecule has 0 saturated carbocycles. The number of nitrogens with zero attached hydrogens (tertiary/aromatic N) is 1. The van der Waals surface area contributed by atoms with Crippen LogP contribution in [0.2, 0.25) is 0 Å². The van der Waals surface area contributed by atoms with Gasteiger partial charge in [0, 0.05) is 24.0 Å². The van der Waals surface area contributed by atoms with E-state index in [2.05, 4.69) is 15.0 Å². The average Bonchev–Trinajstić information content (AvgIpc) is 3.02. The first-order valence-corrected chi connectivity index (χ1v) is 7.46. The van der Waals surface area contributed by atoms with Crippen molar-refractivity contribution in [2.45, 2.75) is 19.7 Å². The van der Waals surface area contributed by atoms with Crippen LogP contribution >= 0.6 is 23.7 Å². The Kier molecular flexibility index (Phi) is 7.83. The number of amides is 1. The van der Waals surface area contributed by atoms with Gasteiger partial charge in [-0.05, 0) is 18.2 Å². The average molecular weight is 380 g/mol. The Labute approximate surface area is 147 Å². The van der Waals surface area contributed by atoms with Crippen LogP contribution in [-0.2, 0) is 13.1 Å². The highest BCUT2D eigenvalue weighted by atomic mass is 35.5. The number of hydrogen-bond donors (Lipinski definition) is 2. The lowest BCUT2D eigenvalue weighted by atomic mass is 10.2. The molecule has 3 N–H and O–H groups in total. The molecule has 0 saturated heterocycles. The number of hydrogen-bond acceptors (Lipinski definition) is 6. The molecule has 0 atom stereocenters. The fourth-order valence-corrected chi connectivity index (χ4v) is 2.46. The molecule has 2 aromatic rings. The molecule has 0 bridgehead atoms. The van der Waals surface area contributed by atoms with Crippen molar-refractivity contribution >= 4 is 29.7 Å². The first-order chi connectivity index (χ1) is 11.0. The molecule has 24 heavy (non-hydrogen) atoms. The molecule has 1 aromatic heterocycles. The van der Waals surface area contributed by atoms with Crippen molar-refractivity contribution in [3.05, 3.63) is 39.8 Å². The lowest BCUT2D eigenvalue weighted by Crippen LogP contribution is -2.23. The second-order valence-electron chi connectivity index (χ2n) is 4.37. The normalized spacial score (nSPS) is 10.2. The van der Waals surface area contributed by atoms with Crippen LogP contribution in [0.4, 0.5) is 8.78 Å². The Bertz CT molecular complexity index is 685. The Morgan fingerprint density at radius 3 is 2.79 bits per heavy atom. The predicted molar refractivity (Wildman–Crippen MR) is 88.0 cm³/mol. The van der Waals surface area contributed by atoms with Gasteiger partial charge in [-0.1, -0.05) is 0 Å². The Morgan fingerprint density at radius 2 is 2.21 bits per heavy atom. The summed E-state index contributed by atoms with van der Waals surface area (Å²) in [6, 6.07) is 4.38. The first-order valence-electron chi connectivity index (χ1n) is 6.58. The van der Waals surface area contributed by atoms with Crippen LogP contribution in [-0.4, -0.2) is 24.6 Å². The molecule has 6 nitrogen and oxygen atoms in total. The van der Waals surface area contributed by atoms with E-state index in [9.17, 15) is 13.6 Å². The Balaban J connectivity index is 0.00000288. The lowest BCUT2D eigenvalue weighted by Gasteiger charge is -2.12. The van der Waals surface area contributed by atoms with Crippen molar-refractivity contribution in [3.8, 4) is 11.5 Å². The largest absolute Gasteiger partial charge is 0.497 e. The molecule has 10 heteroatoms. The van der Waals surface area contributed by atoms with E-state index in [0.717, 1.165) is 0 Å². The molecule has 0 spiro atoms. The molecule has 0 aliphatic carbocycles. The fraction of sp³-hybridized carbons (Fsp3) is 0.286. The van der Waals surface area contributed by atoms with Gasteiger partial charge >= 0.3 is 6.61 Å². The minimum absolute atomic E-state index is 0. The molecule has 0 aliphatic rings. The molecular weight excluding hydrogens is 364 g/mol. The minimum Gasteiger partial charge on any atom is -0.497 e. The molecule has 0 unspecified atom stereocenters. The van der Waals surface area contributed by atoms with Crippen LogP contribution in [0.3, 0.4) is 0 Å². The van der Waals surface area contributed by atoms with Gasteiger partial charge in [-0.15, -0.1) is 23.7 Å². The summed E-state index contributed by atoms with van der Waals surface area (Å²) in [7, 11) is 1.45. The predicted octanol–water partition coefficient (Wildman–Crippen LogP) is 2.56. The molecule has 1 heterocycles. The standard InChI is InChI=1S/C14H15F2N3O3S.ClH/c1-21-9-2-3-11(22-14(15)16)8(4-9)6-18-13(20)10-7-23-12(5-17)19-10;/h2-4,7,14H,5-6,17H2,1H3,(H,18,20);1H. The maximum Gasteiger partial charge on any atom is 0.387 e. The van der Waals surface area contributed by atoms with Crippen LogP contribution < -0.4 is 20.5 Å². The van der Waals surface area contributed by atoms with Crippen LogP contribution in [0, 0.1) is 0 Å². The van der Waals surface area contributed by atoms with Crippen molar-refractivity contribution in [1.82, 2.24) is 10.3 Å². The number of thiazole rings is 1. The van der Waals surface area contributed by atoms with E-state index >= 15 is 0 Å². The number of carbonyl (C=O) groups is 1. The smallest absolute Gasteiger partial charge is 0.387 e. The van der Waals surface area contributed by atoms with Gasteiger partial charge in [0.25, 0.3) is 5.91 Å². The molecule has 0 radical (unpaired) electrons. The van der Waals surface area contributed by atoms with E-state index in [1.165, 1.54) is 36.6 Å². The Hall–Kier alpha value is -1.97. The first kappa shape index (κ1) is 20.1. The molecule has 1 aromatic carbocycles. The molecule has 1 amide bonds. The van der Waals surface area contributed by atoms with E-state index in [0.29, 0.717) is 16.3 Å². The van der Waals surface area contributed by atoms with Gasteiger partial charge in [-0.25, -0.2) is 4.98 Å². The number of rotatable bonds is 7. The van der Waals surface area contributed by atoms with Gasteiger partial charge in [0.15, 0.2) is 0 Å². The van der Waals surface area contributed by atoms with E-state index in [1.54, 1.807) is 5.38 Å². The van der Waals surface area contributed by atoms with Crippen molar-refractivity contribution in [2.75, 3.05) is 7.11 Å². The molecule has 0 fully saturated rings. The van der Waals surface area contributed by atoms with Gasteiger partial charge in [0.05, 0.1) is 7.11 Å². The highest BCUT2D eigenvalue weighted by Gasteiger charge is 2.14. The third-order valence-corrected chi connectivity index (χ3v) is 3.75. The molecule has 132 valence electrons. The van der Waals surface area contributed by atoms with E-state index in [-0.39, 0.29) is 36.9 Å². The summed E-state index contributed by atoms with van der Waals surface area (Å²) < 4.78 is 34.3. The molecular formula is C14H16ClF2N3O3S. The van der Waals surface area contributed by atoms with Crippen LogP contribution in [0.15, 0.2) is 23.6 Å². The van der Waals surface area contributed by atoms with E-state index in [1.807, 2.05) is 0 Å². The van der Waals surface area contributed by atoms with Gasteiger partial charge < -0.3 is 20.5 Å². The summed E-state index contributed by atoms with van der Waals surface area (Å²) in [5, 5.41) is 4.82. The topological polar surface area (TPSA) is 86.5 Å². The highest BCUT2D eigenvalue weighted by Crippen LogP contribution is 2.25. The van der Waals surface area contributed by atoms with Gasteiger partial charge in [-0.2, -0.15) is 8.78 Å². The number of carbonyl (C=O) groups excluding carboxylic acids is 1. The van der Waals surface area contributed by atoms with Crippen LogP contribution in [0.1, 0.15) is 21.1 Å². The van der Waals surface area contributed by atoms with Crippen molar-refractivity contribution in [2.24, 2.45) is 5.73 Å². The summed E-state index contributed by atoms with van der Waals surface area (Å²) in [5.74, 6) is 0.0173. The summed E-state index contributed by atoms with van der Waals surface area (Å²) in [4.78, 5) is 16.1. The number of alkyl halides is 2. The Morgan fingerprint density at radius 1 is 1.46 bits per heavy atom. The van der Waals surface area contributed by atoms with Gasteiger partial charge in [0.2, 0.25) is 0 Å². The maximum atomic E-state index is 12.4. The summed E-state index contributed by atoms with van der Waals surface area (Å²) in [6.07, 6.45) is 0. The number of nitrogens with one attached hydrogen (secondary N) is 1. The number of nitrogens with two attached hydrogens (primary N) is 1.